The molecule has 0 bridgehead atoms. The second-order valence-corrected chi connectivity index (χ2v) is 15.3. The van der Waals surface area contributed by atoms with Crippen molar-refractivity contribution in [2.75, 3.05) is 4.90 Å². The van der Waals surface area contributed by atoms with E-state index in [9.17, 15) is 0 Å². The van der Waals surface area contributed by atoms with Gasteiger partial charge in [0.05, 0.1) is 16.7 Å². The Morgan fingerprint density at radius 3 is 1.58 bits per heavy atom. The van der Waals surface area contributed by atoms with E-state index in [1.807, 2.05) is 0 Å². The Morgan fingerprint density at radius 2 is 0.817 bits per heavy atom. The SMILES string of the molecule is c1ccc(-c2ccccc2-c2ccccc2-c2ccccc2N(c2ccc(-c3cccc4c3c3ccccc3n4-c3ccccc3)cc2)c2ccc3ccccc3c2)cc1. The van der Waals surface area contributed by atoms with Gasteiger partial charge in [-0.25, -0.2) is 0 Å². The standard InChI is InChI=1S/C58H40N2/c1-3-19-42(20-4-1)48-24-9-10-25-50(48)51-26-11-12-27-52(51)53-28-13-15-31-55(53)59(47-39-34-41-18-7-8-21-44(41)40-47)46-37-35-43(36-38-46)49-30-17-33-57-58(49)54-29-14-16-32-56(54)60(57)45-22-5-2-6-23-45/h1-40H. The van der Waals surface area contributed by atoms with E-state index >= 15 is 0 Å². The third-order valence-corrected chi connectivity index (χ3v) is 11.8. The molecule has 0 spiro atoms. The maximum absolute atomic E-state index is 2.42. The molecule has 1 aromatic heterocycles. The van der Waals surface area contributed by atoms with Gasteiger partial charge in [0.1, 0.15) is 0 Å². The molecule has 11 aromatic rings. The van der Waals surface area contributed by atoms with E-state index < -0.39 is 0 Å². The Balaban J connectivity index is 1.08. The van der Waals surface area contributed by atoms with Crippen molar-refractivity contribution in [3.05, 3.63) is 243 Å². The molecule has 60 heavy (non-hydrogen) atoms. The number of hydrogen-bond acceptors (Lipinski definition) is 1. The quantitative estimate of drug-likeness (QED) is 0.150. The largest absolute Gasteiger partial charge is 0.310 e. The molecule has 1 heterocycles. The fourth-order valence-corrected chi connectivity index (χ4v) is 9.08. The number of benzene rings is 10. The minimum atomic E-state index is 1.09. The number of hydrogen-bond donors (Lipinski definition) is 0. The van der Waals surface area contributed by atoms with Crippen LogP contribution < -0.4 is 4.90 Å². The number of fused-ring (bicyclic) bond motifs is 4. The molecule has 0 aliphatic carbocycles. The Kier molecular flexibility index (Phi) is 8.87. The van der Waals surface area contributed by atoms with Gasteiger partial charge in [0.15, 0.2) is 0 Å². The van der Waals surface area contributed by atoms with Gasteiger partial charge in [-0.3, -0.25) is 0 Å². The Bertz CT molecular complexity index is 3310. The molecule has 10 aromatic carbocycles. The van der Waals surface area contributed by atoms with Crippen LogP contribution in [-0.4, -0.2) is 4.57 Å². The van der Waals surface area contributed by atoms with Gasteiger partial charge in [0.2, 0.25) is 0 Å². The topological polar surface area (TPSA) is 8.17 Å². The molecule has 282 valence electrons. The van der Waals surface area contributed by atoms with E-state index in [0.29, 0.717) is 0 Å². The van der Waals surface area contributed by atoms with Gasteiger partial charge in [-0.1, -0.05) is 188 Å². The lowest BCUT2D eigenvalue weighted by molar-refractivity contribution is 1.18. The average Bonchev–Trinajstić information content (AvgIpc) is 3.67. The van der Waals surface area contributed by atoms with Crippen LogP contribution in [0, 0.1) is 0 Å². The van der Waals surface area contributed by atoms with Crippen LogP contribution >= 0.6 is 0 Å². The second-order valence-electron chi connectivity index (χ2n) is 15.3. The van der Waals surface area contributed by atoms with Crippen molar-refractivity contribution in [1.82, 2.24) is 4.57 Å². The van der Waals surface area contributed by atoms with Gasteiger partial charge in [0, 0.05) is 33.4 Å². The predicted octanol–water partition coefficient (Wildman–Crippen LogP) is 16.1. The minimum Gasteiger partial charge on any atom is -0.310 e. The number of nitrogens with zero attached hydrogens (tertiary/aromatic N) is 2. The van der Waals surface area contributed by atoms with E-state index in [0.717, 1.165) is 28.3 Å². The summed E-state index contributed by atoms with van der Waals surface area (Å²) in [5.74, 6) is 0. The van der Waals surface area contributed by atoms with Gasteiger partial charge < -0.3 is 9.47 Å². The zero-order valence-electron chi connectivity index (χ0n) is 33.0. The molecule has 0 amide bonds. The Labute approximate surface area is 350 Å². The first kappa shape index (κ1) is 35.2. The monoisotopic (exact) mass is 764 g/mol. The summed E-state index contributed by atoms with van der Waals surface area (Å²) >= 11 is 0. The van der Waals surface area contributed by atoms with E-state index in [-0.39, 0.29) is 0 Å². The van der Waals surface area contributed by atoms with E-state index in [4.69, 9.17) is 0 Å². The van der Waals surface area contributed by atoms with Crippen molar-refractivity contribution in [3.8, 4) is 50.2 Å². The van der Waals surface area contributed by atoms with Crippen LogP contribution in [0.4, 0.5) is 17.1 Å². The molecule has 0 saturated heterocycles. The molecule has 2 heteroatoms. The van der Waals surface area contributed by atoms with Crippen LogP contribution in [0.25, 0.3) is 82.8 Å². The van der Waals surface area contributed by atoms with Gasteiger partial charge in [-0.05, 0) is 104 Å². The molecule has 0 unspecified atom stereocenters. The first-order chi connectivity index (χ1) is 29.8. The highest BCUT2D eigenvalue weighted by Gasteiger charge is 2.21. The summed E-state index contributed by atoms with van der Waals surface area (Å²) in [4.78, 5) is 2.42. The zero-order valence-corrected chi connectivity index (χ0v) is 33.0. The van der Waals surface area contributed by atoms with Crippen LogP contribution in [0.2, 0.25) is 0 Å². The number of para-hydroxylation sites is 3. The molecule has 0 aliphatic rings. The number of rotatable bonds is 8. The summed E-state index contributed by atoms with van der Waals surface area (Å²) in [7, 11) is 0. The zero-order chi connectivity index (χ0) is 39.8. The van der Waals surface area contributed by atoms with Crippen LogP contribution in [-0.2, 0) is 0 Å². The van der Waals surface area contributed by atoms with Crippen molar-refractivity contribution < 1.29 is 0 Å². The Morgan fingerprint density at radius 1 is 0.300 bits per heavy atom. The first-order valence-corrected chi connectivity index (χ1v) is 20.6. The summed E-state index contributed by atoms with van der Waals surface area (Å²) in [6.45, 7) is 0. The lowest BCUT2D eigenvalue weighted by atomic mass is 9.88. The van der Waals surface area contributed by atoms with Gasteiger partial charge in [-0.2, -0.15) is 0 Å². The molecule has 0 radical (unpaired) electrons. The maximum Gasteiger partial charge on any atom is 0.0547 e. The van der Waals surface area contributed by atoms with Crippen molar-refractivity contribution in [2.45, 2.75) is 0 Å². The van der Waals surface area contributed by atoms with E-state index in [2.05, 4.69) is 252 Å². The average molecular weight is 765 g/mol. The third kappa shape index (κ3) is 6.14. The summed E-state index contributed by atoms with van der Waals surface area (Å²) in [5, 5.41) is 4.92. The molecule has 0 atom stereocenters. The van der Waals surface area contributed by atoms with Crippen molar-refractivity contribution >= 4 is 49.6 Å². The first-order valence-electron chi connectivity index (χ1n) is 20.6. The van der Waals surface area contributed by atoms with Crippen LogP contribution in [0.3, 0.4) is 0 Å². The lowest BCUT2D eigenvalue weighted by Gasteiger charge is -2.29. The van der Waals surface area contributed by atoms with Crippen LogP contribution in [0.15, 0.2) is 243 Å². The van der Waals surface area contributed by atoms with Crippen LogP contribution in [0.1, 0.15) is 0 Å². The predicted molar refractivity (Wildman–Crippen MR) is 255 cm³/mol. The number of aromatic nitrogens is 1. The molecule has 0 aliphatic heterocycles. The van der Waals surface area contributed by atoms with E-state index in [1.54, 1.807) is 0 Å². The highest BCUT2D eigenvalue weighted by Crippen LogP contribution is 2.46. The fraction of sp³-hybridized carbons (Fsp3) is 0. The molecular weight excluding hydrogens is 725 g/mol. The normalized spacial score (nSPS) is 11.3. The van der Waals surface area contributed by atoms with Crippen molar-refractivity contribution in [3.63, 3.8) is 0 Å². The van der Waals surface area contributed by atoms with Crippen molar-refractivity contribution in [1.29, 1.82) is 0 Å². The van der Waals surface area contributed by atoms with Gasteiger partial charge in [-0.15, -0.1) is 0 Å². The molecular formula is C58H40N2. The highest BCUT2D eigenvalue weighted by atomic mass is 15.1. The second kappa shape index (κ2) is 15.1. The van der Waals surface area contributed by atoms with E-state index in [1.165, 1.54) is 71.5 Å². The minimum absolute atomic E-state index is 1.09. The molecule has 2 nitrogen and oxygen atoms in total. The number of anilines is 3. The summed E-state index contributed by atoms with van der Waals surface area (Å²) < 4.78 is 2.39. The summed E-state index contributed by atoms with van der Waals surface area (Å²) in [6.07, 6.45) is 0. The lowest BCUT2D eigenvalue weighted by Crippen LogP contribution is -2.11. The molecule has 0 saturated carbocycles. The Hall–Kier alpha value is -7.94. The summed E-state index contributed by atoms with van der Waals surface area (Å²) in [5.41, 5.74) is 16.4. The van der Waals surface area contributed by atoms with Gasteiger partial charge in [0.25, 0.3) is 0 Å². The molecule has 0 fully saturated rings. The highest BCUT2D eigenvalue weighted by molar-refractivity contribution is 6.16. The van der Waals surface area contributed by atoms with Gasteiger partial charge >= 0.3 is 0 Å². The third-order valence-electron chi connectivity index (χ3n) is 11.8. The summed E-state index contributed by atoms with van der Waals surface area (Å²) in [6, 6.07) is 87.9. The smallest absolute Gasteiger partial charge is 0.0547 e. The molecule has 11 rings (SSSR count). The maximum atomic E-state index is 2.42. The molecule has 0 N–H and O–H groups in total. The van der Waals surface area contributed by atoms with Crippen LogP contribution in [0.5, 0.6) is 0 Å². The van der Waals surface area contributed by atoms with Crippen molar-refractivity contribution in [2.24, 2.45) is 0 Å². The fourth-order valence-electron chi connectivity index (χ4n) is 9.08.